The van der Waals surface area contributed by atoms with E-state index in [0.717, 1.165) is 74.0 Å². The third-order valence-corrected chi connectivity index (χ3v) is 8.35. The molecule has 0 unspecified atom stereocenters. The van der Waals surface area contributed by atoms with Crippen LogP contribution in [0.5, 0.6) is 5.75 Å². The quantitative estimate of drug-likeness (QED) is 0.265. The zero-order valence-corrected chi connectivity index (χ0v) is 23.9. The number of ether oxygens (including phenoxy) is 2. The largest absolute Gasteiger partial charge is 0.497 e. The van der Waals surface area contributed by atoms with Gasteiger partial charge in [0.05, 0.1) is 19.9 Å². The number of aryl methyl sites for hydroxylation is 2. The van der Waals surface area contributed by atoms with E-state index in [4.69, 9.17) is 14.5 Å². The maximum atomic E-state index is 6.10. The number of rotatable bonds is 11. The molecule has 0 radical (unpaired) electrons. The third-order valence-electron chi connectivity index (χ3n) is 8.35. The topological polar surface area (TPSA) is 78.2 Å². The van der Waals surface area contributed by atoms with Gasteiger partial charge in [0.15, 0.2) is 5.65 Å². The van der Waals surface area contributed by atoms with Crippen LogP contribution in [0.2, 0.25) is 0 Å². The van der Waals surface area contributed by atoms with Crippen molar-refractivity contribution >= 4 is 11.2 Å². The zero-order valence-electron chi connectivity index (χ0n) is 23.9. The summed E-state index contributed by atoms with van der Waals surface area (Å²) >= 11 is 0. The smallest absolute Gasteiger partial charge is 0.181 e. The van der Waals surface area contributed by atoms with Crippen molar-refractivity contribution in [1.29, 1.82) is 0 Å². The molecule has 1 aliphatic heterocycles. The molecule has 1 saturated heterocycles. The molecule has 39 heavy (non-hydrogen) atoms. The van der Waals surface area contributed by atoms with Crippen LogP contribution in [0, 0.1) is 12.3 Å². The molecule has 0 N–H and O–H groups in total. The van der Waals surface area contributed by atoms with Gasteiger partial charge in [0, 0.05) is 49.0 Å². The lowest BCUT2D eigenvalue weighted by Gasteiger charge is -2.38. The van der Waals surface area contributed by atoms with E-state index in [1.807, 2.05) is 31.5 Å². The Morgan fingerprint density at radius 1 is 1.05 bits per heavy atom. The molecule has 4 aromatic rings. The van der Waals surface area contributed by atoms with Crippen molar-refractivity contribution in [2.24, 2.45) is 5.41 Å². The van der Waals surface area contributed by atoms with Crippen molar-refractivity contribution in [1.82, 2.24) is 29.4 Å². The van der Waals surface area contributed by atoms with Crippen LogP contribution in [0.3, 0.4) is 0 Å². The average Bonchev–Trinajstić information content (AvgIpc) is 3.54. The first kappa shape index (κ1) is 27.2. The van der Waals surface area contributed by atoms with Crippen LogP contribution >= 0.6 is 0 Å². The Hall–Kier alpha value is -3.36. The summed E-state index contributed by atoms with van der Waals surface area (Å²) in [5, 5.41) is 0. The Morgan fingerprint density at radius 3 is 2.59 bits per heavy atom. The summed E-state index contributed by atoms with van der Waals surface area (Å²) < 4.78 is 13.7. The van der Waals surface area contributed by atoms with Gasteiger partial charge in [-0.05, 0) is 76.4 Å². The van der Waals surface area contributed by atoms with Crippen LogP contribution < -0.4 is 4.74 Å². The van der Waals surface area contributed by atoms with E-state index < -0.39 is 0 Å². The molecule has 0 amide bonds. The molecular formula is C31H40N6O2. The predicted octanol–water partition coefficient (Wildman–Crippen LogP) is 5.18. The van der Waals surface area contributed by atoms with E-state index in [2.05, 4.69) is 69.5 Å². The van der Waals surface area contributed by atoms with E-state index in [-0.39, 0.29) is 11.0 Å². The predicted molar refractivity (Wildman–Crippen MR) is 153 cm³/mol. The van der Waals surface area contributed by atoms with E-state index in [1.54, 1.807) is 13.4 Å². The minimum absolute atomic E-state index is 0.0557. The second kappa shape index (κ2) is 11.4. The fourth-order valence-electron chi connectivity index (χ4n) is 5.71. The van der Waals surface area contributed by atoms with Gasteiger partial charge in [-0.25, -0.2) is 15.0 Å². The van der Waals surface area contributed by atoms with Gasteiger partial charge in [-0.1, -0.05) is 18.2 Å². The van der Waals surface area contributed by atoms with Crippen molar-refractivity contribution in [3.05, 3.63) is 77.8 Å². The fourth-order valence-corrected chi connectivity index (χ4v) is 5.71. The van der Waals surface area contributed by atoms with Crippen LogP contribution in [0.25, 0.3) is 11.2 Å². The molecule has 0 spiro atoms. The Kier molecular flexibility index (Phi) is 7.96. The highest BCUT2D eigenvalue weighted by Gasteiger charge is 2.43. The van der Waals surface area contributed by atoms with Gasteiger partial charge in [-0.15, -0.1) is 0 Å². The van der Waals surface area contributed by atoms with Crippen LogP contribution in [-0.2, 0) is 23.2 Å². The Labute approximate surface area is 231 Å². The second-order valence-corrected chi connectivity index (χ2v) is 11.2. The number of hydrogen-bond acceptors (Lipinski definition) is 7. The van der Waals surface area contributed by atoms with Crippen molar-refractivity contribution in [3.8, 4) is 5.75 Å². The molecule has 8 nitrogen and oxygen atoms in total. The van der Waals surface area contributed by atoms with Crippen LogP contribution in [-0.4, -0.2) is 62.8 Å². The molecule has 8 heteroatoms. The monoisotopic (exact) mass is 528 g/mol. The molecule has 0 saturated carbocycles. The highest BCUT2D eigenvalue weighted by Crippen LogP contribution is 2.41. The molecular weight excluding hydrogens is 488 g/mol. The number of benzene rings is 1. The minimum Gasteiger partial charge on any atom is -0.497 e. The molecule has 0 bridgehead atoms. The number of likely N-dealkylation sites (tertiary alicyclic amines) is 1. The summed E-state index contributed by atoms with van der Waals surface area (Å²) in [5.41, 5.74) is 5.14. The van der Waals surface area contributed by atoms with Crippen LogP contribution in [0.15, 0.2) is 55.1 Å². The molecule has 1 fully saturated rings. The number of imidazole rings is 1. The molecule has 1 atom stereocenters. The first-order chi connectivity index (χ1) is 18.8. The highest BCUT2D eigenvalue weighted by atomic mass is 16.5. The number of aromatic nitrogens is 5. The molecule has 0 aliphatic carbocycles. The zero-order chi connectivity index (χ0) is 27.5. The highest BCUT2D eigenvalue weighted by molar-refractivity contribution is 5.70. The van der Waals surface area contributed by atoms with Crippen molar-refractivity contribution < 1.29 is 9.47 Å². The number of pyridine rings is 1. The van der Waals surface area contributed by atoms with Gasteiger partial charge in [0.2, 0.25) is 0 Å². The van der Waals surface area contributed by atoms with E-state index in [9.17, 15) is 0 Å². The second-order valence-electron chi connectivity index (χ2n) is 11.2. The Bertz CT molecular complexity index is 1380. The number of fused-ring (bicyclic) bond motifs is 1. The summed E-state index contributed by atoms with van der Waals surface area (Å²) in [4.78, 5) is 20.9. The minimum atomic E-state index is -0.105. The van der Waals surface area contributed by atoms with Gasteiger partial charge in [0.1, 0.15) is 23.4 Å². The molecule has 3 aromatic heterocycles. The van der Waals surface area contributed by atoms with Gasteiger partial charge >= 0.3 is 0 Å². The van der Waals surface area contributed by atoms with E-state index >= 15 is 0 Å². The fraction of sp³-hybridized carbons (Fsp3) is 0.484. The molecule has 1 aliphatic rings. The Morgan fingerprint density at radius 2 is 1.87 bits per heavy atom. The van der Waals surface area contributed by atoms with Crippen LogP contribution in [0.4, 0.5) is 0 Å². The molecule has 5 rings (SSSR count). The van der Waals surface area contributed by atoms with Gasteiger partial charge in [0.25, 0.3) is 0 Å². The molecule has 1 aromatic carbocycles. The standard InChI is InChI=1S/C31H40N6O2/c1-6-39-21-31(15-16-36(20-31)30(3,4)25-10-7-23(2)33-17-25)14-13-28-35-29-27(18-32-22-34-29)37(28)19-24-8-11-26(38-5)12-9-24/h7-12,17-18,22H,6,13-16,19-21H2,1-5H3/t31-/m1/s1. The van der Waals surface area contributed by atoms with Crippen molar-refractivity contribution in [3.63, 3.8) is 0 Å². The molecule has 206 valence electrons. The van der Waals surface area contributed by atoms with Crippen LogP contribution in [0.1, 0.15) is 56.3 Å². The number of hydrogen-bond donors (Lipinski definition) is 0. The summed E-state index contributed by atoms with van der Waals surface area (Å²) in [6.07, 6.45) is 8.40. The lowest BCUT2D eigenvalue weighted by molar-refractivity contribution is 0.0381. The van der Waals surface area contributed by atoms with Crippen molar-refractivity contribution in [2.75, 3.05) is 33.4 Å². The average molecular weight is 529 g/mol. The summed E-state index contributed by atoms with van der Waals surface area (Å²) in [7, 11) is 1.69. The summed E-state index contributed by atoms with van der Waals surface area (Å²) in [5.74, 6) is 1.89. The number of nitrogens with zero attached hydrogens (tertiary/aromatic N) is 6. The van der Waals surface area contributed by atoms with E-state index in [0.29, 0.717) is 6.54 Å². The SMILES string of the molecule is CCOC[C@]1(CCc2nc3ncncc3n2Cc2ccc(OC)cc2)CCN(C(C)(C)c2ccc(C)nc2)C1. The van der Waals surface area contributed by atoms with E-state index in [1.165, 1.54) is 11.1 Å². The lowest BCUT2D eigenvalue weighted by Crippen LogP contribution is -2.42. The lowest BCUT2D eigenvalue weighted by atomic mass is 9.82. The Balaban J connectivity index is 1.38. The van der Waals surface area contributed by atoms with Gasteiger partial charge in [-0.3, -0.25) is 9.88 Å². The number of methoxy groups -OCH3 is 1. The third kappa shape index (κ3) is 5.82. The van der Waals surface area contributed by atoms with Gasteiger partial charge in [-0.2, -0.15) is 0 Å². The first-order valence-electron chi connectivity index (χ1n) is 13.9. The normalized spacial score (nSPS) is 18.2. The molecule has 4 heterocycles. The van der Waals surface area contributed by atoms with Crippen molar-refractivity contribution in [2.45, 2.75) is 59.0 Å². The maximum absolute atomic E-state index is 6.10. The first-order valence-corrected chi connectivity index (χ1v) is 13.9. The maximum Gasteiger partial charge on any atom is 0.181 e. The summed E-state index contributed by atoms with van der Waals surface area (Å²) in [6.45, 7) is 12.9. The summed E-state index contributed by atoms with van der Waals surface area (Å²) in [6, 6.07) is 12.5. The van der Waals surface area contributed by atoms with Gasteiger partial charge < -0.3 is 14.0 Å².